The molecule has 1 aromatic carbocycles. The number of hydrogen-bond donors (Lipinski definition) is 2. The lowest BCUT2D eigenvalue weighted by Crippen LogP contribution is -2.35. The summed E-state index contributed by atoms with van der Waals surface area (Å²) >= 11 is 3.31. The first-order valence-corrected chi connectivity index (χ1v) is 7.24. The molecule has 0 aliphatic rings. The van der Waals surface area contributed by atoms with E-state index in [0.717, 1.165) is 10.0 Å². The Morgan fingerprint density at radius 2 is 1.81 bits per heavy atom. The van der Waals surface area contributed by atoms with E-state index in [1.54, 1.807) is 18.2 Å². The molecule has 3 nitrogen and oxygen atoms in total. The maximum atomic E-state index is 11.9. The monoisotopic (exact) mass is 370 g/mol. The van der Waals surface area contributed by atoms with Crippen molar-refractivity contribution in [1.29, 1.82) is 0 Å². The van der Waals surface area contributed by atoms with Crippen molar-refractivity contribution in [3.63, 3.8) is 0 Å². The van der Waals surface area contributed by atoms with Crippen LogP contribution in [0.5, 0.6) is 0 Å². The molecule has 0 aliphatic heterocycles. The SMILES string of the molecule is OCC(CO)(CCCOCC(F)(F)F)c1cccc(Br)c1. The normalized spacial score (nSPS) is 12.7. The average Bonchev–Trinajstić information content (AvgIpc) is 2.42. The van der Waals surface area contributed by atoms with Gasteiger partial charge in [-0.05, 0) is 30.5 Å². The summed E-state index contributed by atoms with van der Waals surface area (Å²) in [7, 11) is 0. The number of benzene rings is 1. The molecular weight excluding hydrogens is 353 g/mol. The van der Waals surface area contributed by atoms with Gasteiger partial charge in [0.05, 0.1) is 13.2 Å². The van der Waals surface area contributed by atoms with Gasteiger partial charge in [-0.25, -0.2) is 0 Å². The van der Waals surface area contributed by atoms with Crippen molar-refractivity contribution >= 4 is 15.9 Å². The number of halogens is 4. The van der Waals surface area contributed by atoms with Crippen LogP contribution in [0, 0.1) is 0 Å². The predicted octanol–water partition coefficient (Wildman–Crippen LogP) is 3.03. The molecule has 0 spiro atoms. The van der Waals surface area contributed by atoms with E-state index in [1.165, 1.54) is 0 Å². The van der Waals surface area contributed by atoms with Gasteiger partial charge in [0.15, 0.2) is 0 Å². The van der Waals surface area contributed by atoms with Crippen LogP contribution in [-0.4, -0.2) is 42.8 Å². The second kappa shape index (κ2) is 8.12. The molecule has 1 aromatic rings. The van der Waals surface area contributed by atoms with Gasteiger partial charge < -0.3 is 14.9 Å². The summed E-state index contributed by atoms with van der Waals surface area (Å²) < 4.78 is 41.2. The van der Waals surface area contributed by atoms with Gasteiger partial charge in [-0.1, -0.05) is 28.1 Å². The Bertz CT molecular complexity index is 434. The maximum Gasteiger partial charge on any atom is 0.411 e. The summed E-state index contributed by atoms with van der Waals surface area (Å²) in [5, 5.41) is 19.2. The van der Waals surface area contributed by atoms with E-state index in [4.69, 9.17) is 0 Å². The average molecular weight is 371 g/mol. The van der Waals surface area contributed by atoms with E-state index in [1.807, 2.05) is 6.07 Å². The van der Waals surface area contributed by atoms with Gasteiger partial charge in [-0.2, -0.15) is 13.2 Å². The molecule has 1 rings (SSSR count). The van der Waals surface area contributed by atoms with Crippen LogP contribution in [0.15, 0.2) is 28.7 Å². The van der Waals surface area contributed by atoms with Crippen molar-refractivity contribution in [1.82, 2.24) is 0 Å². The smallest absolute Gasteiger partial charge is 0.395 e. The highest BCUT2D eigenvalue weighted by molar-refractivity contribution is 9.10. The molecule has 0 atom stereocenters. The first kappa shape index (κ1) is 18.4. The minimum absolute atomic E-state index is 0.0741. The zero-order chi connectivity index (χ0) is 15.9. The molecule has 0 unspecified atom stereocenters. The first-order chi connectivity index (χ1) is 9.83. The number of hydrogen-bond acceptors (Lipinski definition) is 3. The van der Waals surface area contributed by atoms with Crippen molar-refractivity contribution in [3.8, 4) is 0 Å². The summed E-state index contributed by atoms with van der Waals surface area (Å²) in [5.41, 5.74) is -0.150. The molecular formula is C14H18BrF3O3. The summed E-state index contributed by atoms with van der Waals surface area (Å²) in [6.07, 6.45) is -3.70. The number of alkyl halides is 3. The van der Waals surface area contributed by atoms with Gasteiger partial charge in [0, 0.05) is 16.5 Å². The highest BCUT2D eigenvalue weighted by Gasteiger charge is 2.31. The summed E-state index contributed by atoms with van der Waals surface area (Å²) in [4.78, 5) is 0. The molecule has 0 radical (unpaired) electrons. The topological polar surface area (TPSA) is 49.7 Å². The van der Waals surface area contributed by atoms with Crippen molar-refractivity contribution in [2.45, 2.75) is 24.4 Å². The fraction of sp³-hybridized carbons (Fsp3) is 0.571. The van der Waals surface area contributed by atoms with E-state index >= 15 is 0 Å². The van der Waals surface area contributed by atoms with Crippen LogP contribution in [-0.2, 0) is 10.2 Å². The minimum Gasteiger partial charge on any atom is -0.395 e. The lowest BCUT2D eigenvalue weighted by atomic mass is 9.78. The molecule has 0 fully saturated rings. The predicted molar refractivity (Wildman–Crippen MR) is 76.1 cm³/mol. The van der Waals surface area contributed by atoms with Crippen LogP contribution in [0.1, 0.15) is 18.4 Å². The van der Waals surface area contributed by atoms with Gasteiger partial charge in [-0.3, -0.25) is 0 Å². The van der Waals surface area contributed by atoms with Gasteiger partial charge in [0.1, 0.15) is 6.61 Å². The van der Waals surface area contributed by atoms with Crippen molar-refractivity contribution in [2.75, 3.05) is 26.4 Å². The van der Waals surface area contributed by atoms with Crippen LogP contribution >= 0.6 is 15.9 Å². The van der Waals surface area contributed by atoms with E-state index in [-0.39, 0.29) is 19.8 Å². The third-order valence-corrected chi connectivity index (χ3v) is 3.75. The molecule has 0 aromatic heterocycles. The van der Waals surface area contributed by atoms with E-state index in [2.05, 4.69) is 20.7 Å². The highest BCUT2D eigenvalue weighted by atomic mass is 79.9. The Morgan fingerprint density at radius 3 is 2.33 bits per heavy atom. The lowest BCUT2D eigenvalue weighted by molar-refractivity contribution is -0.174. The second-order valence-corrected chi connectivity index (χ2v) is 5.79. The Morgan fingerprint density at radius 1 is 1.14 bits per heavy atom. The van der Waals surface area contributed by atoms with Gasteiger partial charge >= 0.3 is 6.18 Å². The zero-order valence-corrected chi connectivity index (χ0v) is 13.0. The Balaban J connectivity index is 2.61. The van der Waals surface area contributed by atoms with Crippen molar-refractivity contribution < 1.29 is 28.1 Å². The Labute approximate surface area is 129 Å². The van der Waals surface area contributed by atoms with E-state index in [0.29, 0.717) is 12.8 Å². The highest BCUT2D eigenvalue weighted by Crippen LogP contribution is 2.30. The molecule has 0 amide bonds. The fourth-order valence-corrected chi connectivity index (χ4v) is 2.45. The standard InChI is InChI=1S/C14H18BrF3O3/c15-12-4-1-3-11(7-12)13(8-19,9-20)5-2-6-21-10-14(16,17)18/h1,3-4,7,19-20H,2,5-6,8-10H2. The molecule has 0 heterocycles. The number of aliphatic hydroxyl groups is 2. The zero-order valence-electron chi connectivity index (χ0n) is 11.4. The van der Waals surface area contributed by atoms with E-state index < -0.39 is 18.2 Å². The Kier molecular flexibility index (Phi) is 7.12. The molecule has 21 heavy (non-hydrogen) atoms. The van der Waals surface area contributed by atoms with E-state index in [9.17, 15) is 23.4 Å². The second-order valence-electron chi connectivity index (χ2n) is 4.88. The molecule has 0 saturated heterocycles. The van der Waals surface area contributed by atoms with Crippen LogP contribution in [0.25, 0.3) is 0 Å². The quantitative estimate of drug-likeness (QED) is 0.691. The fourth-order valence-electron chi connectivity index (χ4n) is 2.05. The number of rotatable bonds is 8. The summed E-state index contributed by atoms with van der Waals surface area (Å²) in [6, 6.07) is 7.14. The third kappa shape index (κ3) is 5.94. The molecule has 120 valence electrons. The minimum atomic E-state index is -4.34. The van der Waals surface area contributed by atoms with Crippen molar-refractivity contribution in [3.05, 3.63) is 34.3 Å². The molecule has 0 aliphatic carbocycles. The molecule has 7 heteroatoms. The maximum absolute atomic E-state index is 11.9. The third-order valence-electron chi connectivity index (χ3n) is 3.25. The molecule has 0 bridgehead atoms. The van der Waals surface area contributed by atoms with Crippen molar-refractivity contribution in [2.24, 2.45) is 0 Å². The number of ether oxygens (including phenoxy) is 1. The van der Waals surface area contributed by atoms with Gasteiger partial charge in [0.2, 0.25) is 0 Å². The Hall–Kier alpha value is -0.630. The van der Waals surface area contributed by atoms with Crippen LogP contribution in [0.3, 0.4) is 0 Å². The van der Waals surface area contributed by atoms with Gasteiger partial charge in [-0.15, -0.1) is 0 Å². The van der Waals surface area contributed by atoms with Gasteiger partial charge in [0.25, 0.3) is 0 Å². The lowest BCUT2D eigenvalue weighted by Gasteiger charge is -2.30. The summed E-state index contributed by atoms with van der Waals surface area (Å²) in [6.45, 7) is -1.94. The van der Waals surface area contributed by atoms with Crippen LogP contribution in [0.4, 0.5) is 13.2 Å². The van der Waals surface area contributed by atoms with Crippen LogP contribution in [0.2, 0.25) is 0 Å². The summed E-state index contributed by atoms with van der Waals surface area (Å²) in [5.74, 6) is 0. The number of aliphatic hydroxyl groups excluding tert-OH is 2. The largest absolute Gasteiger partial charge is 0.411 e. The molecule has 2 N–H and O–H groups in total. The molecule has 0 saturated carbocycles. The first-order valence-electron chi connectivity index (χ1n) is 6.45. The van der Waals surface area contributed by atoms with Crippen LogP contribution < -0.4 is 0 Å².